The first-order valence-corrected chi connectivity index (χ1v) is 10.8. The van der Waals surface area contributed by atoms with Crippen molar-refractivity contribution in [2.45, 2.75) is 118 Å². The summed E-state index contributed by atoms with van der Waals surface area (Å²) in [5.41, 5.74) is 0.308. The molecule has 0 amide bonds. The van der Waals surface area contributed by atoms with E-state index in [-0.39, 0.29) is 0 Å². The molecule has 0 unspecified atom stereocenters. The fourth-order valence-corrected chi connectivity index (χ4v) is 2.83. The molecule has 1 nitrogen and oxygen atoms in total. The largest absolute Gasteiger partial charge is 0.381 e. The Hall–Kier alpha value is -0.300. The molecule has 0 aromatic rings. The van der Waals surface area contributed by atoms with Crippen molar-refractivity contribution in [2.24, 2.45) is 5.41 Å². The average molecular weight is 339 g/mol. The van der Waals surface area contributed by atoms with Gasteiger partial charge in [0.15, 0.2) is 0 Å². The summed E-state index contributed by atoms with van der Waals surface area (Å²) in [4.78, 5) is 0. The highest BCUT2D eigenvalue weighted by molar-refractivity contribution is 4.81. The SMILES string of the molecule is CCCCCCCC/C=C\CCCCCCCCOCC(C)(C)C. The van der Waals surface area contributed by atoms with Gasteiger partial charge in [-0.05, 0) is 37.5 Å². The molecule has 0 saturated carbocycles. The van der Waals surface area contributed by atoms with Crippen LogP contribution in [-0.2, 0) is 4.74 Å². The molecule has 0 N–H and O–H groups in total. The molecule has 0 aliphatic rings. The smallest absolute Gasteiger partial charge is 0.0514 e. The van der Waals surface area contributed by atoms with Crippen molar-refractivity contribution in [3.05, 3.63) is 12.2 Å². The van der Waals surface area contributed by atoms with Gasteiger partial charge in [-0.3, -0.25) is 0 Å². The minimum atomic E-state index is 0.308. The Balaban J connectivity index is 3.10. The zero-order chi connectivity index (χ0) is 17.9. The van der Waals surface area contributed by atoms with E-state index >= 15 is 0 Å². The second-order valence-corrected chi connectivity index (χ2v) is 8.55. The van der Waals surface area contributed by atoms with Crippen LogP contribution in [-0.4, -0.2) is 13.2 Å². The van der Waals surface area contributed by atoms with Crippen LogP contribution in [0.25, 0.3) is 0 Å². The zero-order valence-corrected chi connectivity index (χ0v) is 17.4. The number of ether oxygens (including phenoxy) is 1. The summed E-state index contributed by atoms with van der Waals surface area (Å²) in [5, 5.41) is 0. The molecule has 1 heteroatoms. The zero-order valence-electron chi connectivity index (χ0n) is 17.4. The van der Waals surface area contributed by atoms with Crippen LogP contribution in [0.3, 0.4) is 0 Å². The fraction of sp³-hybridized carbons (Fsp3) is 0.913. The second-order valence-electron chi connectivity index (χ2n) is 8.55. The van der Waals surface area contributed by atoms with Crippen LogP contribution in [0.5, 0.6) is 0 Å². The number of allylic oxidation sites excluding steroid dienone is 2. The van der Waals surface area contributed by atoms with Crippen molar-refractivity contribution in [1.29, 1.82) is 0 Å². The van der Waals surface area contributed by atoms with E-state index in [0.717, 1.165) is 13.2 Å². The molecular formula is C23H46O. The molecule has 0 aliphatic carbocycles. The molecule has 0 spiro atoms. The first-order chi connectivity index (χ1) is 11.6. The van der Waals surface area contributed by atoms with Crippen LogP contribution >= 0.6 is 0 Å². The van der Waals surface area contributed by atoms with Crippen molar-refractivity contribution < 1.29 is 4.74 Å². The topological polar surface area (TPSA) is 9.23 Å². The maximum Gasteiger partial charge on any atom is 0.0514 e. The summed E-state index contributed by atoms with van der Waals surface area (Å²) in [6.07, 6.45) is 23.9. The normalized spacial score (nSPS) is 12.3. The number of rotatable bonds is 17. The van der Waals surface area contributed by atoms with E-state index in [1.807, 2.05) is 0 Å². The molecule has 0 aromatic carbocycles. The van der Waals surface area contributed by atoms with Gasteiger partial charge in [0.2, 0.25) is 0 Å². The van der Waals surface area contributed by atoms with Gasteiger partial charge in [-0.25, -0.2) is 0 Å². The Kier molecular flexibility index (Phi) is 17.3. The van der Waals surface area contributed by atoms with E-state index in [9.17, 15) is 0 Å². The Morgan fingerprint density at radius 2 is 1.08 bits per heavy atom. The lowest BCUT2D eigenvalue weighted by Crippen LogP contribution is -2.14. The molecule has 144 valence electrons. The number of unbranched alkanes of at least 4 members (excludes halogenated alkanes) is 12. The van der Waals surface area contributed by atoms with Crippen molar-refractivity contribution in [2.75, 3.05) is 13.2 Å². The molecule has 0 aliphatic heterocycles. The quantitative estimate of drug-likeness (QED) is 0.192. The molecule has 24 heavy (non-hydrogen) atoms. The molecule has 0 heterocycles. The van der Waals surface area contributed by atoms with Crippen molar-refractivity contribution in [1.82, 2.24) is 0 Å². The fourth-order valence-electron chi connectivity index (χ4n) is 2.83. The Morgan fingerprint density at radius 1 is 0.625 bits per heavy atom. The summed E-state index contributed by atoms with van der Waals surface area (Å²) >= 11 is 0. The van der Waals surface area contributed by atoms with Crippen LogP contribution in [0, 0.1) is 5.41 Å². The van der Waals surface area contributed by atoms with Gasteiger partial charge in [0, 0.05) is 6.61 Å². The summed E-state index contributed by atoms with van der Waals surface area (Å²) in [6, 6.07) is 0. The molecule has 0 bridgehead atoms. The van der Waals surface area contributed by atoms with E-state index in [1.165, 1.54) is 89.9 Å². The third kappa shape index (κ3) is 21.7. The summed E-state index contributed by atoms with van der Waals surface area (Å²) in [7, 11) is 0. The highest BCUT2D eigenvalue weighted by Gasteiger charge is 2.09. The first-order valence-electron chi connectivity index (χ1n) is 10.8. The van der Waals surface area contributed by atoms with E-state index < -0.39 is 0 Å². The highest BCUT2D eigenvalue weighted by atomic mass is 16.5. The van der Waals surface area contributed by atoms with Crippen LogP contribution in [0.2, 0.25) is 0 Å². The lowest BCUT2D eigenvalue weighted by molar-refractivity contribution is 0.0686. The lowest BCUT2D eigenvalue weighted by Gasteiger charge is -2.17. The summed E-state index contributed by atoms with van der Waals surface area (Å²) < 4.78 is 5.71. The van der Waals surface area contributed by atoms with Gasteiger partial charge in [0.05, 0.1) is 6.61 Å². The van der Waals surface area contributed by atoms with Crippen molar-refractivity contribution in [3.63, 3.8) is 0 Å². The van der Waals surface area contributed by atoms with Gasteiger partial charge in [-0.2, -0.15) is 0 Å². The monoisotopic (exact) mass is 338 g/mol. The Morgan fingerprint density at radius 3 is 1.58 bits per heavy atom. The third-order valence-electron chi connectivity index (χ3n) is 4.34. The lowest BCUT2D eigenvalue weighted by atomic mass is 9.99. The Bertz CT molecular complexity index is 262. The van der Waals surface area contributed by atoms with Crippen LogP contribution < -0.4 is 0 Å². The molecule has 0 rings (SSSR count). The van der Waals surface area contributed by atoms with Gasteiger partial charge >= 0.3 is 0 Å². The van der Waals surface area contributed by atoms with Gasteiger partial charge in [-0.1, -0.05) is 97.6 Å². The van der Waals surface area contributed by atoms with E-state index in [0.29, 0.717) is 5.41 Å². The van der Waals surface area contributed by atoms with Crippen LogP contribution in [0.1, 0.15) is 118 Å². The standard InChI is InChI=1S/C23H46O/c1-5-6-7-8-9-10-11-12-13-14-15-16-17-18-19-20-21-24-22-23(2,3)4/h12-13H,5-11,14-22H2,1-4H3/b13-12-. The van der Waals surface area contributed by atoms with Gasteiger partial charge in [0.25, 0.3) is 0 Å². The van der Waals surface area contributed by atoms with Crippen molar-refractivity contribution >= 4 is 0 Å². The summed E-state index contributed by atoms with van der Waals surface area (Å²) in [5.74, 6) is 0. The highest BCUT2D eigenvalue weighted by Crippen LogP contribution is 2.14. The molecule has 0 saturated heterocycles. The van der Waals surface area contributed by atoms with E-state index in [1.54, 1.807) is 0 Å². The van der Waals surface area contributed by atoms with E-state index in [4.69, 9.17) is 4.74 Å². The molecule has 0 atom stereocenters. The van der Waals surface area contributed by atoms with E-state index in [2.05, 4.69) is 39.8 Å². The first kappa shape index (κ1) is 23.7. The maximum atomic E-state index is 5.71. The minimum absolute atomic E-state index is 0.308. The number of hydrogen-bond donors (Lipinski definition) is 0. The molecule has 0 radical (unpaired) electrons. The second kappa shape index (κ2) is 17.5. The predicted octanol–water partition coefficient (Wildman–Crippen LogP) is 8.09. The Labute approximate surface area is 153 Å². The molecule has 0 aromatic heterocycles. The van der Waals surface area contributed by atoms with Gasteiger partial charge < -0.3 is 4.74 Å². The van der Waals surface area contributed by atoms with Crippen molar-refractivity contribution in [3.8, 4) is 0 Å². The molecule has 0 fully saturated rings. The predicted molar refractivity (Wildman–Crippen MR) is 110 cm³/mol. The molecular weight excluding hydrogens is 292 g/mol. The maximum absolute atomic E-state index is 5.71. The van der Waals surface area contributed by atoms with Crippen LogP contribution in [0.15, 0.2) is 12.2 Å². The minimum Gasteiger partial charge on any atom is -0.381 e. The average Bonchev–Trinajstić information content (AvgIpc) is 2.52. The van der Waals surface area contributed by atoms with Gasteiger partial charge in [-0.15, -0.1) is 0 Å². The summed E-state index contributed by atoms with van der Waals surface area (Å²) in [6.45, 7) is 10.8. The van der Waals surface area contributed by atoms with Gasteiger partial charge in [0.1, 0.15) is 0 Å². The number of hydrogen-bond acceptors (Lipinski definition) is 1. The third-order valence-corrected chi connectivity index (χ3v) is 4.34. The van der Waals surface area contributed by atoms with Crippen LogP contribution in [0.4, 0.5) is 0 Å².